The van der Waals surface area contributed by atoms with Gasteiger partial charge in [0.25, 0.3) is 0 Å². The molecule has 236 valence electrons. The van der Waals surface area contributed by atoms with Gasteiger partial charge in [0.15, 0.2) is 5.41 Å². The predicted octanol–water partition coefficient (Wildman–Crippen LogP) is 7.91. The topological polar surface area (TPSA) is 24.9 Å². The van der Waals surface area contributed by atoms with E-state index in [0.717, 1.165) is 51.4 Å². The van der Waals surface area contributed by atoms with Gasteiger partial charge in [0.1, 0.15) is 0 Å². The third kappa shape index (κ3) is 5.82. The van der Waals surface area contributed by atoms with E-state index in [1.54, 1.807) is 0 Å². The molecule has 4 saturated carbocycles. The number of ether oxygens (including phenoxy) is 2. The number of nitrogens with zero attached hydrogens (tertiary/aromatic N) is 2. The molecule has 0 aromatic rings. The average molecular weight is 595 g/mol. The first-order valence-electron chi connectivity index (χ1n) is 16.4. The van der Waals surface area contributed by atoms with Gasteiger partial charge in [0.2, 0.25) is 0 Å². The molecule has 6 unspecified atom stereocenters. The minimum Gasteiger partial charge on any atom is -0.363 e. The zero-order chi connectivity index (χ0) is 28.8. The molecule has 0 radical (unpaired) electrons. The van der Waals surface area contributed by atoms with Crippen molar-refractivity contribution < 1.29 is 35.8 Å². The van der Waals surface area contributed by atoms with Crippen molar-refractivity contribution in [1.82, 2.24) is 9.80 Å². The molecule has 0 aromatic carbocycles. The Hall–Kier alpha value is -0.580. The number of alkyl halides is 6. The fourth-order valence-electron chi connectivity index (χ4n) is 10.0. The van der Waals surface area contributed by atoms with E-state index in [4.69, 9.17) is 9.47 Å². The Balaban J connectivity index is 1.23. The molecule has 6 rings (SSSR count). The van der Waals surface area contributed by atoms with E-state index in [0.29, 0.717) is 38.6 Å². The largest absolute Gasteiger partial charge is 0.403 e. The zero-order valence-corrected chi connectivity index (χ0v) is 24.2. The van der Waals surface area contributed by atoms with Gasteiger partial charge < -0.3 is 9.47 Å². The molecule has 4 nitrogen and oxygen atoms in total. The van der Waals surface area contributed by atoms with Gasteiger partial charge >= 0.3 is 12.4 Å². The van der Waals surface area contributed by atoms with Gasteiger partial charge in [0, 0.05) is 25.2 Å². The number of rotatable bonds is 4. The van der Waals surface area contributed by atoms with Crippen molar-refractivity contribution >= 4 is 0 Å². The molecule has 0 N–H and O–H groups in total. The van der Waals surface area contributed by atoms with Crippen molar-refractivity contribution in [2.45, 2.75) is 139 Å². The second kappa shape index (κ2) is 12.1. The number of hydrogen-bond acceptors (Lipinski definition) is 4. The van der Waals surface area contributed by atoms with Crippen LogP contribution in [-0.2, 0) is 9.47 Å². The van der Waals surface area contributed by atoms with Crippen LogP contribution < -0.4 is 0 Å². The molecule has 0 amide bonds. The summed E-state index contributed by atoms with van der Waals surface area (Å²) < 4.78 is 104. The van der Waals surface area contributed by atoms with Gasteiger partial charge in [-0.05, 0) is 87.9 Å². The van der Waals surface area contributed by atoms with Crippen LogP contribution in [0.15, 0.2) is 0 Å². The Morgan fingerprint density at radius 3 is 1.24 bits per heavy atom. The van der Waals surface area contributed by atoms with E-state index in [1.165, 1.54) is 12.8 Å². The monoisotopic (exact) mass is 594 g/mol. The maximum Gasteiger partial charge on any atom is 0.403 e. The number of hydrogen-bond donors (Lipinski definition) is 0. The summed E-state index contributed by atoms with van der Waals surface area (Å²) in [6, 6.07) is 0.655. The quantitative estimate of drug-likeness (QED) is 0.309. The second-order valence-electron chi connectivity index (χ2n) is 14.2. The summed E-state index contributed by atoms with van der Waals surface area (Å²) in [5, 5.41) is 0. The van der Waals surface area contributed by atoms with Crippen molar-refractivity contribution in [3.05, 3.63) is 0 Å². The summed E-state index contributed by atoms with van der Waals surface area (Å²) in [5.74, 6) is -3.52. The van der Waals surface area contributed by atoms with Crippen molar-refractivity contribution in [3.8, 4) is 0 Å². The Morgan fingerprint density at radius 1 is 0.488 bits per heavy atom. The number of halogens is 6. The lowest BCUT2D eigenvalue weighted by Gasteiger charge is -2.56. The van der Waals surface area contributed by atoms with Crippen molar-refractivity contribution in [1.29, 1.82) is 0 Å². The van der Waals surface area contributed by atoms with Crippen LogP contribution in [0.5, 0.6) is 0 Å². The highest BCUT2D eigenvalue weighted by Crippen LogP contribution is 2.66. The molecule has 0 bridgehead atoms. The normalized spacial score (nSPS) is 37.9. The average Bonchev–Trinajstić information content (AvgIpc) is 2.96. The van der Waals surface area contributed by atoms with Gasteiger partial charge in [-0.2, -0.15) is 26.3 Å². The van der Waals surface area contributed by atoms with Crippen LogP contribution >= 0.6 is 0 Å². The van der Waals surface area contributed by atoms with Crippen LogP contribution in [0.4, 0.5) is 26.3 Å². The molecular weight excluding hydrogens is 546 g/mol. The van der Waals surface area contributed by atoms with Crippen LogP contribution in [0.25, 0.3) is 0 Å². The molecule has 6 atom stereocenters. The Labute approximate surface area is 240 Å². The first kappa shape index (κ1) is 30.4. The van der Waals surface area contributed by atoms with E-state index < -0.39 is 29.6 Å². The zero-order valence-electron chi connectivity index (χ0n) is 24.2. The molecule has 6 aliphatic rings. The first-order valence-corrected chi connectivity index (χ1v) is 16.4. The van der Waals surface area contributed by atoms with E-state index in [1.807, 2.05) is 0 Å². The lowest BCUT2D eigenvalue weighted by Crippen LogP contribution is -2.64. The van der Waals surface area contributed by atoms with Crippen LogP contribution in [-0.4, -0.2) is 73.0 Å². The van der Waals surface area contributed by atoms with Crippen molar-refractivity contribution in [2.24, 2.45) is 29.1 Å². The fourth-order valence-corrected chi connectivity index (χ4v) is 10.0. The molecular formula is C31H48F6N2O2. The molecule has 0 spiro atoms. The van der Waals surface area contributed by atoms with Gasteiger partial charge in [-0.3, -0.25) is 9.80 Å². The molecule has 6 fully saturated rings. The van der Waals surface area contributed by atoms with E-state index in [9.17, 15) is 0 Å². The molecule has 10 heteroatoms. The lowest BCUT2D eigenvalue weighted by atomic mass is 9.55. The van der Waals surface area contributed by atoms with Crippen LogP contribution in [0.2, 0.25) is 0 Å². The van der Waals surface area contributed by atoms with Gasteiger partial charge in [-0.1, -0.05) is 38.5 Å². The van der Waals surface area contributed by atoms with Crippen molar-refractivity contribution in [3.63, 3.8) is 0 Å². The van der Waals surface area contributed by atoms with E-state index in [2.05, 4.69) is 9.80 Å². The third-order valence-corrected chi connectivity index (χ3v) is 12.1. The minimum atomic E-state index is -5.36. The molecule has 2 saturated heterocycles. The molecule has 0 aromatic heterocycles. The van der Waals surface area contributed by atoms with Crippen molar-refractivity contribution in [2.75, 3.05) is 26.6 Å². The summed E-state index contributed by atoms with van der Waals surface area (Å²) >= 11 is 0. The predicted molar refractivity (Wildman–Crippen MR) is 143 cm³/mol. The fraction of sp³-hybridized carbons (Fsp3) is 1.00. The highest BCUT2D eigenvalue weighted by atomic mass is 19.4. The van der Waals surface area contributed by atoms with Crippen LogP contribution in [0.3, 0.4) is 0 Å². The summed E-state index contributed by atoms with van der Waals surface area (Å²) in [5.41, 5.74) is -3.68. The molecule has 4 aliphatic carbocycles. The minimum absolute atomic E-state index is 0.0673. The van der Waals surface area contributed by atoms with Gasteiger partial charge in [-0.15, -0.1) is 0 Å². The summed E-state index contributed by atoms with van der Waals surface area (Å²) in [7, 11) is 0. The third-order valence-electron chi connectivity index (χ3n) is 12.1. The highest BCUT2D eigenvalue weighted by Gasteiger charge is 2.77. The smallest absolute Gasteiger partial charge is 0.363 e. The molecule has 2 aliphatic heterocycles. The maximum atomic E-state index is 15.2. The van der Waals surface area contributed by atoms with E-state index >= 15 is 26.3 Å². The van der Waals surface area contributed by atoms with Gasteiger partial charge in [0.05, 0.1) is 25.7 Å². The van der Waals surface area contributed by atoms with Gasteiger partial charge in [-0.25, -0.2) is 0 Å². The summed E-state index contributed by atoms with van der Waals surface area (Å²) in [6.45, 7) is 2.00. The summed E-state index contributed by atoms with van der Waals surface area (Å²) in [4.78, 5) is 4.41. The lowest BCUT2D eigenvalue weighted by molar-refractivity contribution is -0.387. The summed E-state index contributed by atoms with van der Waals surface area (Å²) in [6.07, 6.45) is 0.0231. The van der Waals surface area contributed by atoms with E-state index in [-0.39, 0.29) is 62.6 Å². The molecule has 2 heterocycles. The Morgan fingerprint density at radius 2 is 0.878 bits per heavy atom. The molecule has 41 heavy (non-hydrogen) atoms. The number of fused-ring (bicyclic) bond motifs is 2. The van der Waals surface area contributed by atoms with Crippen LogP contribution in [0, 0.1) is 29.1 Å². The SMILES string of the molecule is FC(F)(F)C(C1CCC2OCN(C3CCCCC3)CC2C1)(C1CCC2OCN(C3CCCCC3)CC2C1)C(F)(F)F. The Kier molecular flexibility index (Phi) is 8.97. The Bertz CT molecular complexity index is 802. The first-order chi connectivity index (χ1) is 19.6. The van der Waals surface area contributed by atoms with Crippen LogP contribution in [0.1, 0.15) is 103 Å². The highest BCUT2D eigenvalue weighted by molar-refractivity contribution is 5.08. The maximum absolute atomic E-state index is 15.2. The second-order valence-corrected chi connectivity index (χ2v) is 14.2. The standard InChI is InChI=1S/C31H48F6N2O2/c32-30(33,34)29(31(35,36)37,23-11-13-27-21(15-23)17-38(19-40-27)25-7-3-1-4-8-25)24-12-14-28-22(16-24)18-39(20-41-28)26-9-5-2-6-10-26/h21-28H,1-20H2.